The van der Waals surface area contributed by atoms with Gasteiger partial charge >= 0.3 is 0 Å². The Balaban J connectivity index is 1.64. The summed E-state index contributed by atoms with van der Waals surface area (Å²) in [7, 11) is 0. The minimum Gasteiger partial charge on any atom is -0.264 e. The maximum Gasteiger partial charge on any atom is 0.0667 e. The van der Waals surface area contributed by atoms with Gasteiger partial charge in [0.15, 0.2) is 0 Å². The van der Waals surface area contributed by atoms with Crippen LogP contribution in [0.25, 0.3) is 11.1 Å². The number of allylic oxidation sites excluding steroid dienone is 2. The molecule has 2 heteroatoms. The zero-order valence-electron chi connectivity index (χ0n) is 12.0. The average molecular weight is 274 g/mol. The topological polar surface area (TPSA) is 25.2 Å². The van der Waals surface area contributed by atoms with E-state index in [0.717, 1.165) is 41.7 Å². The Labute approximate surface area is 125 Å². The van der Waals surface area contributed by atoms with E-state index >= 15 is 0 Å². The minimum absolute atomic E-state index is 0.894. The highest BCUT2D eigenvalue weighted by atomic mass is 14.7. The molecular formula is C19H18N2. The minimum atomic E-state index is 0.894. The van der Waals surface area contributed by atoms with E-state index in [1.165, 1.54) is 11.1 Å². The maximum absolute atomic E-state index is 4.39. The average Bonchev–Trinajstić information content (AvgIpc) is 3.00. The van der Waals surface area contributed by atoms with Crippen LogP contribution in [-0.2, 0) is 6.42 Å². The van der Waals surface area contributed by atoms with Gasteiger partial charge in [-0.1, -0.05) is 31.4 Å². The van der Waals surface area contributed by atoms with E-state index < -0.39 is 0 Å². The van der Waals surface area contributed by atoms with Gasteiger partial charge in [-0.2, -0.15) is 0 Å². The Morgan fingerprint density at radius 3 is 2.62 bits per heavy atom. The van der Waals surface area contributed by atoms with E-state index in [-0.39, 0.29) is 0 Å². The molecule has 0 atom stereocenters. The molecule has 0 aliphatic carbocycles. The summed E-state index contributed by atoms with van der Waals surface area (Å²) in [4.78, 5) is 8.52. The molecule has 2 aromatic rings. The summed E-state index contributed by atoms with van der Waals surface area (Å²) in [6.45, 7) is 8.35. The first kappa shape index (κ1) is 13.5. The van der Waals surface area contributed by atoms with Crippen LogP contribution < -0.4 is 0 Å². The number of fused-ring (bicyclic) bond motifs is 1. The second kappa shape index (κ2) is 5.88. The van der Waals surface area contributed by atoms with E-state index in [4.69, 9.17) is 0 Å². The standard InChI is InChI=1S/C19H18N2/c1-14(5-6-15(2)18-4-3-10-20-13-18)17-8-7-16-9-11-21-19(16)12-17/h3-4,7-8,10-13H,1-2,5-6,9H2. The number of aromatic nitrogens is 1. The summed E-state index contributed by atoms with van der Waals surface area (Å²) in [5.41, 5.74) is 6.88. The Morgan fingerprint density at radius 1 is 1.05 bits per heavy atom. The Kier molecular flexibility index (Phi) is 3.78. The van der Waals surface area contributed by atoms with Crippen LogP contribution in [0.15, 0.2) is 60.9 Å². The van der Waals surface area contributed by atoms with Gasteiger partial charge in [0.05, 0.1) is 5.69 Å². The summed E-state index contributed by atoms with van der Waals surface area (Å²) in [5.74, 6) is 0. The monoisotopic (exact) mass is 274 g/mol. The first-order valence-corrected chi connectivity index (χ1v) is 7.16. The van der Waals surface area contributed by atoms with Crippen molar-refractivity contribution in [3.05, 3.63) is 72.6 Å². The number of rotatable bonds is 5. The molecule has 3 rings (SSSR count). The van der Waals surface area contributed by atoms with E-state index in [9.17, 15) is 0 Å². The second-order valence-electron chi connectivity index (χ2n) is 5.31. The molecule has 0 radical (unpaired) electrons. The molecule has 1 aromatic heterocycles. The molecule has 0 spiro atoms. The van der Waals surface area contributed by atoms with Gasteiger partial charge < -0.3 is 0 Å². The van der Waals surface area contributed by atoms with Crippen LogP contribution in [0.3, 0.4) is 0 Å². The molecule has 0 unspecified atom stereocenters. The van der Waals surface area contributed by atoms with Crippen molar-refractivity contribution in [1.29, 1.82) is 0 Å². The van der Waals surface area contributed by atoms with Crippen molar-refractivity contribution in [1.82, 2.24) is 4.98 Å². The highest BCUT2D eigenvalue weighted by Gasteiger charge is 2.09. The molecule has 0 fully saturated rings. The van der Waals surface area contributed by atoms with Gasteiger partial charge in [0.2, 0.25) is 0 Å². The van der Waals surface area contributed by atoms with E-state index in [1.54, 1.807) is 6.20 Å². The number of benzene rings is 1. The van der Waals surface area contributed by atoms with Gasteiger partial charge in [-0.25, -0.2) is 0 Å². The zero-order valence-corrected chi connectivity index (χ0v) is 12.0. The largest absolute Gasteiger partial charge is 0.264 e. The normalized spacial score (nSPS) is 12.2. The lowest BCUT2D eigenvalue weighted by atomic mass is 9.96. The number of pyridine rings is 1. The van der Waals surface area contributed by atoms with Crippen molar-refractivity contribution < 1.29 is 0 Å². The van der Waals surface area contributed by atoms with Gasteiger partial charge in [0.25, 0.3) is 0 Å². The number of nitrogens with zero attached hydrogens (tertiary/aromatic N) is 2. The van der Waals surface area contributed by atoms with E-state index in [2.05, 4.69) is 41.3 Å². The second-order valence-corrected chi connectivity index (χ2v) is 5.31. The predicted molar refractivity (Wildman–Crippen MR) is 89.8 cm³/mol. The number of hydrogen-bond acceptors (Lipinski definition) is 2. The Hall–Kier alpha value is -2.48. The van der Waals surface area contributed by atoms with Crippen molar-refractivity contribution in [2.24, 2.45) is 4.99 Å². The lowest BCUT2D eigenvalue weighted by molar-refractivity contribution is 1.09. The third-order valence-electron chi connectivity index (χ3n) is 3.83. The summed E-state index contributed by atoms with van der Waals surface area (Å²) >= 11 is 0. The molecule has 0 amide bonds. The maximum atomic E-state index is 4.39. The molecule has 0 saturated carbocycles. The molecule has 2 heterocycles. The molecule has 1 aliphatic heterocycles. The predicted octanol–water partition coefficient (Wildman–Crippen LogP) is 4.85. The summed E-state index contributed by atoms with van der Waals surface area (Å²) in [6.07, 6.45) is 8.33. The quantitative estimate of drug-likeness (QED) is 0.765. The van der Waals surface area contributed by atoms with Crippen molar-refractivity contribution >= 4 is 23.0 Å². The molecule has 1 aromatic carbocycles. The van der Waals surface area contributed by atoms with E-state index in [1.807, 2.05) is 24.5 Å². The Bertz CT molecular complexity index is 712. The fourth-order valence-corrected chi connectivity index (χ4v) is 2.48. The van der Waals surface area contributed by atoms with Gasteiger partial charge in [-0.05, 0) is 52.8 Å². The SMILES string of the molecule is C=C(CCC(=C)c1ccc2c(c1)N=CC2)c1cccnc1. The van der Waals surface area contributed by atoms with Crippen LogP contribution in [-0.4, -0.2) is 11.2 Å². The Morgan fingerprint density at radius 2 is 1.86 bits per heavy atom. The summed E-state index contributed by atoms with van der Waals surface area (Å²) < 4.78 is 0. The highest BCUT2D eigenvalue weighted by Crippen LogP contribution is 2.30. The fraction of sp³-hybridized carbons (Fsp3) is 0.158. The smallest absolute Gasteiger partial charge is 0.0667 e. The van der Waals surface area contributed by atoms with Crippen molar-refractivity contribution in [3.63, 3.8) is 0 Å². The van der Waals surface area contributed by atoms with Crippen LogP contribution in [0.1, 0.15) is 29.5 Å². The van der Waals surface area contributed by atoms with E-state index in [0.29, 0.717) is 0 Å². The molecule has 2 nitrogen and oxygen atoms in total. The first-order chi connectivity index (χ1) is 10.2. The third-order valence-corrected chi connectivity index (χ3v) is 3.83. The fourth-order valence-electron chi connectivity index (χ4n) is 2.48. The first-order valence-electron chi connectivity index (χ1n) is 7.16. The van der Waals surface area contributed by atoms with Gasteiger partial charge in [-0.3, -0.25) is 9.98 Å². The van der Waals surface area contributed by atoms with Crippen LogP contribution >= 0.6 is 0 Å². The molecule has 0 N–H and O–H groups in total. The van der Waals surface area contributed by atoms with Gasteiger partial charge in [-0.15, -0.1) is 0 Å². The molecule has 1 aliphatic rings. The van der Waals surface area contributed by atoms with Crippen molar-refractivity contribution in [3.8, 4) is 0 Å². The molecule has 0 bridgehead atoms. The molecule has 0 saturated heterocycles. The van der Waals surface area contributed by atoms with Crippen LogP contribution in [0.2, 0.25) is 0 Å². The van der Waals surface area contributed by atoms with Crippen LogP contribution in [0.4, 0.5) is 5.69 Å². The van der Waals surface area contributed by atoms with Gasteiger partial charge in [0.1, 0.15) is 0 Å². The highest BCUT2D eigenvalue weighted by molar-refractivity contribution is 5.79. The summed E-state index contributed by atoms with van der Waals surface area (Å²) in [6, 6.07) is 10.4. The molecule has 104 valence electrons. The lowest BCUT2D eigenvalue weighted by Gasteiger charge is -2.09. The molecular weight excluding hydrogens is 256 g/mol. The van der Waals surface area contributed by atoms with Gasteiger partial charge in [0, 0.05) is 25.0 Å². The van der Waals surface area contributed by atoms with Crippen LogP contribution in [0.5, 0.6) is 0 Å². The van der Waals surface area contributed by atoms with Crippen molar-refractivity contribution in [2.75, 3.05) is 0 Å². The van der Waals surface area contributed by atoms with Crippen molar-refractivity contribution in [2.45, 2.75) is 19.3 Å². The molecule has 21 heavy (non-hydrogen) atoms. The lowest BCUT2D eigenvalue weighted by Crippen LogP contribution is -1.88. The number of aliphatic imine (C=N–C) groups is 1. The zero-order chi connectivity index (χ0) is 14.7. The number of hydrogen-bond donors (Lipinski definition) is 0. The van der Waals surface area contributed by atoms with Crippen LogP contribution in [0, 0.1) is 0 Å². The summed E-state index contributed by atoms with van der Waals surface area (Å²) in [5, 5.41) is 0. The third kappa shape index (κ3) is 3.00.